The smallest absolute Gasteiger partial charge is 0.223 e. The molecule has 13 heavy (non-hydrogen) atoms. The van der Waals surface area contributed by atoms with E-state index in [1.54, 1.807) is 6.33 Å². The van der Waals surface area contributed by atoms with Crippen LogP contribution in [0, 0.1) is 3.70 Å². The lowest BCUT2D eigenvalue weighted by Gasteiger charge is -1.98. The Morgan fingerprint density at radius 2 is 2.31 bits per heavy atom. The third-order valence-electron chi connectivity index (χ3n) is 2.02. The fourth-order valence-electron chi connectivity index (χ4n) is 1.36. The maximum absolute atomic E-state index is 6.05. The first kappa shape index (κ1) is 9.21. The summed E-state index contributed by atoms with van der Waals surface area (Å²) in [6.07, 6.45) is 1.77. The monoisotopic (exact) mass is 308 g/mol. The van der Waals surface area contributed by atoms with Gasteiger partial charge in [0.25, 0.3) is 0 Å². The number of imidazole rings is 1. The highest BCUT2D eigenvalue weighted by atomic mass is 127. The molecule has 0 aliphatic rings. The zero-order chi connectivity index (χ0) is 9.59. The van der Waals surface area contributed by atoms with Gasteiger partial charge in [-0.25, -0.2) is 14.1 Å². The minimum Gasteiger partial charge on any atom is -0.223 e. The van der Waals surface area contributed by atoms with Crippen molar-refractivity contribution in [3.05, 3.63) is 21.1 Å². The van der Waals surface area contributed by atoms with Crippen LogP contribution in [0.1, 0.15) is 0 Å². The molecule has 3 nitrogen and oxygen atoms in total. The Morgan fingerprint density at radius 1 is 1.62 bits per heavy atom. The van der Waals surface area contributed by atoms with Crippen LogP contribution in [-0.4, -0.2) is 9.55 Å². The number of rotatable bonds is 0. The van der Waals surface area contributed by atoms with Crippen LogP contribution in [0.2, 0.25) is 5.02 Å². The van der Waals surface area contributed by atoms with Crippen LogP contribution in [0.25, 0.3) is 11.2 Å². The maximum atomic E-state index is 6.05. The van der Waals surface area contributed by atoms with Crippen molar-refractivity contribution in [3.63, 3.8) is 0 Å². The van der Waals surface area contributed by atoms with Crippen molar-refractivity contribution >= 4 is 45.4 Å². The fraction of sp³-hybridized carbons (Fsp3) is 0.250. The van der Waals surface area contributed by atoms with Crippen LogP contribution in [0.5, 0.6) is 0 Å². The Labute approximate surface area is 94.5 Å². The summed E-state index contributed by atoms with van der Waals surface area (Å²) in [6, 6.07) is 1.91. The van der Waals surface area contributed by atoms with E-state index in [-0.39, 0.29) is 0 Å². The second-order valence-electron chi connectivity index (χ2n) is 2.90. The van der Waals surface area contributed by atoms with Gasteiger partial charge in [-0.05, 0) is 0 Å². The van der Waals surface area contributed by atoms with Gasteiger partial charge in [0.1, 0.15) is 0 Å². The lowest BCUT2D eigenvalue weighted by molar-refractivity contribution is -0.660. The number of nitrogens with zero attached hydrogens (tertiary/aromatic N) is 3. The Bertz CT molecular complexity index is 478. The highest BCUT2D eigenvalue weighted by Gasteiger charge is 2.16. The molecule has 0 saturated carbocycles. The molecular weight excluding hydrogens is 300 g/mol. The van der Waals surface area contributed by atoms with Crippen LogP contribution in [0.4, 0.5) is 0 Å². The van der Waals surface area contributed by atoms with Crippen molar-refractivity contribution in [2.45, 2.75) is 0 Å². The first-order valence-corrected chi connectivity index (χ1v) is 5.22. The van der Waals surface area contributed by atoms with E-state index < -0.39 is 0 Å². The second kappa shape index (κ2) is 3.09. The Balaban J connectivity index is 3.00. The fourth-order valence-corrected chi connectivity index (χ4v) is 2.32. The SMILES string of the molecule is Cn1cnc2c(Cl)cc(I)[n+](C)c21. The molecule has 0 fully saturated rings. The molecule has 0 N–H and O–H groups in total. The van der Waals surface area contributed by atoms with Gasteiger partial charge >= 0.3 is 5.65 Å². The highest BCUT2D eigenvalue weighted by Crippen LogP contribution is 2.20. The van der Waals surface area contributed by atoms with Crippen LogP contribution in [0.3, 0.4) is 0 Å². The largest absolute Gasteiger partial charge is 0.310 e. The summed E-state index contributed by atoms with van der Waals surface area (Å²) in [7, 11) is 3.96. The van der Waals surface area contributed by atoms with Gasteiger partial charge in [-0.2, -0.15) is 0 Å². The van der Waals surface area contributed by atoms with E-state index in [0.717, 1.165) is 14.9 Å². The van der Waals surface area contributed by atoms with Crippen LogP contribution in [-0.2, 0) is 14.1 Å². The predicted molar refractivity (Wildman–Crippen MR) is 59.6 cm³/mol. The van der Waals surface area contributed by atoms with Gasteiger partial charge in [-0.15, -0.1) is 0 Å². The second-order valence-corrected chi connectivity index (χ2v) is 4.41. The van der Waals surface area contributed by atoms with Gasteiger partial charge in [0.05, 0.1) is 19.1 Å². The Morgan fingerprint density at radius 3 is 3.00 bits per heavy atom. The summed E-state index contributed by atoms with van der Waals surface area (Å²) < 4.78 is 5.12. The van der Waals surface area contributed by atoms with Gasteiger partial charge in [0, 0.05) is 28.7 Å². The molecule has 0 aromatic carbocycles. The normalized spacial score (nSPS) is 11.1. The Kier molecular flexibility index (Phi) is 2.19. The molecule has 0 atom stereocenters. The molecule has 0 aliphatic carbocycles. The molecule has 2 rings (SSSR count). The summed E-state index contributed by atoms with van der Waals surface area (Å²) >= 11 is 8.30. The number of halogens is 2. The molecule has 68 valence electrons. The average molecular weight is 309 g/mol. The molecule has 0 saturated heterocycles. The van der Waals surface area contributed by atoms with Crippen molar-refractivity contribution in [1.29, 1.82) is 0 Å². The van der Waals surface area contributed by atoms with Gasteiger partial charge < -0.3 is 0 Å². The van der Waals surface area contributed by atoms with E-state index in [4.69, 9.17) is 11.6 Å². The molecule has 0 amide bonds. The molecule has 0 bridgehead atoms. The zero-order valence-electron chi connectivity index (χ0n) is 7.25. The van der Waals surface area contributed by atoms with E-state index in [0.29, 0.717) is 5.02 Å². The van der Waals surface area contributed by atoms with Gasteiger partial charge in [-0.1, -0.05) is 11.6 Å². The van der Waals surface area contributed by atoms with Gasteiger partial charge in [0.2, 0.25) is 0 Å². The lowest BCUT2D eigenvalue weighted by atomic mass is 10.4. The summed E-state index contributed by atoms with van der Waals surface area (Å²) in [5.74, 6) is 0. The van der Waals surface area contributed by atoms with Crippen molar-refractivity contribution in [1.82, 2.24) is 9.55 Å². The Hall–Kier alpha value is -0.360. The number of hydrogen-bond acceptors (Lipinski definition) is 1. The topological polar surface area (TPSA) is 21.7 Å². The highest BCUT2D eigenvalue weighted by molar-refractivity contribution is 14.1. The predicted octanol–water partition coefficient (Wildman–Crippen LogP) is 1.66. The molecular formula is C8H8ClIN3+. The first-order valence-electron chi connectivity index (χ1n) is 3.76. The van der Waals surface area contributed by atoms with E-state index >= 15 is 0 Å². The molecule has 2 heterocycles. The quantitative estimate of drug-likeness (QED) is 0.412. The van der Waals surface area contributed by atoms with Crippen LogP contribution in [0.15, 0.2) is 12.4 Å². The van der Waals surface area contributed by atoms with Crippen molar-refractivity contribution in [2.75, 3.05) is 0 Å². The zero-order valence-corrected chi connectivity index (χ0v) is 10.2. The van der Waals surface area contributed by atoms with E-state index in [1.165, 1.54) is 0 Å². The summed E-state index contributed by atoms with van der Waals surface area (Å²) in [4.78, 5) is 4.23. The third kappa shape index (κ3) is 1.32. The van der Waals surface area contributed by atoms with E-state index in [2.05, 4.69) is 32.1 Å². The number of hydrogen-bond donors (Lipinski definition) is 0. The molecule has 0 radical (unpaired) electrons. The first-order chi connectivity index (χ1) is 6.11. The summed E-state index contributed by atoms with van der Waals surface area (Å²) in [5, 5.41) is 0.707. The molecule has 0 unspecified atom stereocenters. The number of pyridine rings is 1. The van der Waals surface area contributed by atoms with Crippen molar-refractivity contribution < 1.29 is 4.57 Å². The molecule has 2 aromatic rings. The van der Waals surface area contributed by atoms with Gasteiger partial charge in [0.15, 0.2) is 15.5 Å². The lowest BCUT2D eigenvalue weighted by Crippen LogP contribution is -2.34. The maximum Gasteiger partial charge on any atom is 0.310 e. The van der Waals surface area contributed by atoms with Crippen molar-refractivity contribution in [2.24, 2.45) is 14.1 Å². The number of aromatic nitrogens is 3. The number of fused-ring (bicyclic) bond motifs is 1. The van der Waals surface area contributed by atoms with Crippen molar-refractivity contribution in [3.8, 4) is 0 Å². The molecule has 0 aliphatic heterocycles. The van der Waals surface area contributed by atoms with Crippen LogP contribution < -0.4 is 4.57 Å². The van der Waals surface area contributed by atoms with E-state index in [9.17, 15) is 0 Å². The van der Waals surface area contributed by atoms with Gasteiger partial charge in [-0.3, -0.25) is 0 Å². The summed E-state index contributed by atoms with van der Waals surface area (Å²) in [5.41, 5.74) is 1.89. The standard InChI is InChI=1S/C8H8ClIN3/c1-12-4-11-7-5(9)3-6(10)13(2)8(7)12/h3-4H,1-2H3/q+1. The molecule has 2 aromatic heterocycles. The summed E-state index contributed by atoms with van der Waals surface area (Å²) in [6.45, 7) is 0. The van der Waals surface area contributed by atoms with Crippen LogP contribution >= 0.6 is 34.2 Å². The average Bonchev–Trinajstić information content (AvgIpc) is 2.44. The number of aryl methyl sites for hydroxylation is 2. The molecule has 0 spiro atoms. The minimum absolute atomic E-state index is 0.707. The molecule has 5 heteroatoms. The minimum atomic E-state index is 0.707. The third-order valence-corrected chi connectivity index (χ3v) is 3.34. The van der Waals surface area contributed by atoms with E-state index in [1.807, 2.05) is 24.7 Å².